The van der Waals surface area contributed by atoms with Gasteiger partial charge in [-0.15, -0.1) is 11.3 Å². The standard InChI is InChI=1S/C22H23F6N3O2S/c1-20-9-15(19(32)30-10-18-29-4-5-34-18)16(31-20)2-3-17(20)33-11-12-6-13(21(23,24)25)8-14(7-12)22(26,27)28/h4-8,15-17,31H,2-3,9-11H2,1H3,(H,30,32). The van der Waals surface area contributed by atoms with Gasteiger partial charge in [0.1, 0.15) is 5.01 Å². The fourth-order valence-corrected chi connectivity index (χ4v) is 5.36. The fourth-order valence-electron chi connectivity index (χ4n) is 4.81. The van der Waals surface area contributed by atoms with E-state index in [0.29, 0.717) is 37.9 Å². The fraction of sp³-hybridized carbons (Fsp3) is 0.545. The smallest absolute Gasteiger partial charge is 0.372 e. The molecule has 12 heteroatoms. The number of carbonyl (C=O) groups excluding carboxylic acids is 1. The van der Waals surface area contributed by atoms with Crippen LogP contribution in [0.2, 0.25) is 0 Å². The monoisotopic (exact) mass is 507 g/mol. The average Bonchev–Trinajstić information content (AvgIpc) is 3.36. The molecule has 2 aliphatic rings. The number of rotatable bonds is 6. The minimum atomic E-state index is -4.91. The molecule has 2 saturated heterocycles. The van der Waals surface area contributed by atoms with Crippen molar-refractivity contribution in [3.05, 3.63) is 51.5 Å². The Balaban J connectivity index is 1.42. The number of thiazole rings is 1. The number of halogens is 6. The SMILES string of the molecule is CC12CC(C(=O)NCc3nccs3)C(CCC1OCc1cc(C(F)(F)F)cc(C(F)(F)F)c1)N2. The van der Waals surface area contributed by atoms with Crippen molar-refractivity contribution < 1.29 is 35.9 Å². The first-order valence-corrected chi connectivity index (χ1v) is 11.6. The van der Waals surface area contributed by atoms with E-state index in [-0.39, 0.29) is 29.5 Å². The van der Waals surface area contributed by atoms with Gasteiger partial charge in [-0.1, -0.05) is 0 Å². The second-order valence-corrected chi connectivity index (χ2v) is 9.89. The van der Waals surface area contributed by atoms with Gasteiger partial charge in [0.15, 0.2) is 0 Å². The van der Waals surface area contributed by atoms with E-state index in [1.807, 2.05) is 12.3 Å². The van der Waals surface area contributed by atoms with Crippen LogP contribution < -0.4 is 10.6 Å². The molecule has 2 aliphatic heterocycles. The molecule has 186 valence electrons. The summed E-state index contributed by atoms with van der Waals surface area (Å²) in [6, 6.07) is 1.38. The summed E-state index contributed by atoms with van der Waals surface area (Å²) in [6.45, 7) is 1.79. The molecule has 4 rings (SSSR count). The van der Waals surface area contributed by atoms with Crippen molar-refractivity contribution in [2.75, 3.05) is 0 Å². The van der Waals surface area contributed by atoms with Crippen molar-refractivity contribution in [2.45, 2.75) is 69.4 Å². The van der Waals surface area contributed by atoms with Gasteiger partial charge in [-0.3, -0.25) is 4.79 Å². The van der Waals surface area contributed by atoms with Crippen LogP contribution in [-0.4, -0.2) is 28.6 Å². The van der Waals surface area contributed by atoms with Crippen molar-refractivity contribution in [2.24, 2.45) is 5.92 Å². The van der Waals surface area contributed by atoms with Gasteiger partial charge in [-0.2, -0.15) is 26.3 Å². The summed E-state index contributed by atoms with van der Waals surface area (Å²) in [7, 11) is 0. The number of benzene rings is 1. The minimum Gasteiger partial charge on any atom is -0.372 e. The summed E-state index contributed by atoms with van der Waals surface area (Å²) in [5.41, 5.74) is -3.57. The van der Waals surface area contributed by atoms with Crippen molar-refractivity contribution in [3.63, 3.8) is 0 Å². The molecule has 0 saturated carbocycles. The third-order valence-electron chi connectivity index (χ3n) is 6.43. The highest BCUT2D eigenvalue weighted by molar-refractivity contribution is 7.09. The number of amides is 1. The highest BCUT2D eigenvalue weighted by atomic mass is 32.1. The van der Waals surface area contributed by atoms with Crippen LogP contribution in [0.3, 0.4) is 0 Å². The lowest BCUT2D eigenvalue weighted by atomic mass is 9.88. The lowest BCUT2D eigenvalue weighted by Gasteiger charge is -2.39. The molecule has 2 fully saturated rings. The maximum Gasteiger partial charge on any atom is 0.416 e. The lowest BCUT2D eigenvalue weighted by Crippen LogP contribution is -2.55. The minimum absolute atomic E-state index is 0.0773. The molecule has 0 aliphatic carbocycles. The van der Waals surface area contributed by atoms with Gasteiger partial charge >= 0.3 is 12.4 Å². The van der Waals surface area contributed by atoms with Crippen LogP contribution in [-0.2, 0) is 35.0 Å². The molecular weight excluding hydrogens is 484 g/mol. The zero-order valence-electron chi connectivity index (χ0n) is 18.1. The van der Waals surface area contributed by atoms with Crippen molar-refractivity contribution in [1.82, 2.24) is 15.6 Å². The predicted octanol–water partition coefficient (Wildman–Crippen LogP) is 4.91. The van der Waals surface area contributed by atoms with Gasteiger partial charge in [0, 0.05) is 23.2 Å². The number of hydrogen-bond acceptors (Lipinski definition) is 5. The van der Waals surface area contributed by atoms with E-state index in [2.05, 4.69) is 15.6 Å². The summed E-state index contributed by atoms with van der Waals surface area (Å²) in [5, 5.41) is 8.88. The summed E-state index contributed by atoms with van der Waals surface area (Å²) in [6.07, 6.45) is -7.05. The summed E-state index contributed by atoms with van der Waals surface area (Å²) in [4.78, 5) is 16.9. The van der Waals surface area contributed by atoms with E-state index >= 15 is 0 Å². The first-order chi connectivity index (χ1) is 15.8. The van der Waals surface area contributed by atoms with Crippen LogP contribution in [0, 0.1) is 5.92 Å². The Morgan fingerprint density at radius 3 is 2.44 bits per heavy atom. The number of aromatic nitrogens is 1. The third-order valence-corrected chi connectivity index (χ3v) is 7.21. The molecule has 34 heavy (non-hydrogen) atoms. The molecule has 4 unspecified atom stereocenters. The number of piperidine rings is 1. The second-order valence-electron chi connectivity index (χ2n) is 8.91. The molecule has 0 spiro atoms. The van der Waals surface area contributed by atoms with E-state index in [9.17, 15) is 31.1 Å². The van der Waals surface area contributed by atoms with Gasteiger partial charge in [0.2, 0.25) is 5.91 Å². The largest absolute Gasteiger partial charge is 0.416 e. The number of nitrogens with zero attached hydrogens (tertiary/aromatic N) is 1. The van der Waals surface area contributed by atoms with Crippen LogP contribution in [0.1, 0.15) is 47.9 Å². The zero-order chi connectivity index (χ0) is 24.7. The first kappa shape index (κ1) is 24.9. The van der Waals surface area contributed by atoms with E-state index < -0.39 is 41.7 Å². The third kappa shape index (κ3) is 5.38. The Morgan fingerprint density at radius 2 is 1.85 bits per heavy atom. The predicted molar refractivity (Wildman–Crippen MR) is 112 cm³/mol. The molecule has 2 N–H and O–H groups in total. The van der Waals surface area contributed by atoms with E-state index in [1.165, 1.54) is 11.3 Å². The normalized spacial score (nSPS) is 27.1. The molecule has 5 nitrogen and oxygen atoms in total. The second kappa shape index (κ2) is 9.12. The van der Waals surface area contributed by atoms with Crippen LogP contribution >= 0.6 is 11.3 Å². The van der Waals surface area contributed by atoms with Gasteiger partial charge in [-0.05, 0) is 49.9 Å². The lowest BCUT2D eigenvalue weighted by molar-refractivity contribution is -0.143. The van der Waals surface area contributed by atoms with Crippen LogP contribution in [0.25, 0.3) is 0 Å². The number of alkyl halides is 6. The van der Waals surface area contributed by atoms with Crippen molar-refractivity contribution in [1.29, 1.82) is 0 Å². The Bertz CT molecular complexity index is 994. The number of fused-ring (bicyclic) bond motifs is 2. The molecule has 1 amide bonds. The molecule has 2 bridgehead atoms. The van der Waals surface area contributed by atoms with Crippen molar-refractivity contribution in [3.8, 4) is 0 Å². The van der Waals surface area contributed by atoms with Gasteiger partial charge in [-0.25, -0.2) is 4.98 Å². The Hall–Kier alpha value is -2.18. The van der Waals surface area contributed by atoms with E-state index in [0.717, 1.165) is 5.01 Å². The molecule has 1 aromatic heterocycles. The first-order valence-electron chi connectivity index (χ1n) is 10.7. The number of carbonyl (C=O) groups is 1. The van der Waals surface area contributed by atoms with Gasteiger partial charge in [0.25, 0.3) is 0 Å². The summed E-state index contributed by atoms with van der Waals surface area (Å²) >= 11 is 1.43. The van der Waals surface area contributed by atoms with E-state index in [4.69, 9.17) is 4.74 Å². The highest BCUT2D eigenvalue weighted by Gasteiger charge is 2.52. The summed E-state index contributed by atoms with van der Waals surface area (Å²) in [5.74, 6) is -0.436. The molecular formula is C22H23F6N3O2S. The number of ether oxygens (including phenoxy) is 1. The van der Waals surface area contributed by atoms with Gasteiger partial charge in [0.05, 0.1) is 36.3 Å². The Morgan fingerprint density at radius 1 is 1.18 bits per heavy atom. The quantitative estimate of drug-likeness (QED) is 0.546. The summed E-state index contributed by atoms with van der Waals surface area (Å²) < 4.78 is 84.6. The molecule has 2 aromatic rings. The highest BCUT2D eigenvalue weighted by Crippen LogP contribution is 2.42. The van der Waals surface area contributed by atoms with Crippen LogP contribution in [0.4, 0.5) is 26.3 Å². The maximum atomic E-state index is 13.1. The van der Waals surface area contributed by atoms with Gasteiger partial charge < -0.3 is 15.4 Å². The molecule has 3 heterocycles. The molecule has 0 radical (unpaired) electrons. The zero-order valence-corrected chi connectivity index (χ0v) is 18.9. The molecule has 4 atom stereocenters. The number of nitrogens with one attached hydrogen (secondary N) is 2. The van der Waals surface area contributed by atoms with Crippen LogP contribution in [0.5, 0.6) is 0 Å². The average molecular weight is 508 g/mol. The van der Waals surface area contributed by atoms with E-state index in [1.54, 1.807) is 6.20 Å². The topological polar surface area (TPSA) is 63.2 Å². The Labute approximate surface area is 195 Å². The Kier molecular flexibility index (Phi) is 6.69. The van der Waals surface area contributed by atoms with Crippen LogP contribution in [0.15, 0.2) is 29.8 Å². The maximum absolute atomic E-state index is 13.1. The number of hydrogen-bond donors (Lipinski definition) is 2. The molecule has 1 aromatic carbocycles. The van der Waals surface area contributed by atoms with Crippen molar-refractivity contribution >= 4 is 17.2 Å².